The maximum absolute atomic E-state index is 4.80. The van der Waals surface area contributed by atoms with Crippen LogP contribution >= 0.6 is 0 Å². The van der Waals surface area contributed by atoms with Gasteiger partial charge in [-0.3, -0.25) is 0 Å². The van der Waals surface area contributed by atoms with E-state index in [0.717, 1.165) is 0 Å². The average Bonchev–Trinajstić information content (AvgIpc) is 1.59. The first kappa shape index (κ1) is 8.30. The van der Waals surface area contributed by atoms with Crippen LogP contribution in [-0.4, -0.2) is 8.07 Å². The van der Waals surface area contributed by atoms with Gasteiger partial charge in [-0.2, -0.15) is 0 Å². The van der Waals surface area contributed by atoms with Gasteiger partial charge in [0.2, 0.25) is 0 Å². The molecular weight excluding hydrogens is 164 g/mol. The summed E-state index contributed by atoms with van der Waals surface area (Å²) in [6.45, 7) is 6.63. The molecule has 2 heteroatoms. The molecule has 0 spiro atoms. The molecule has 0 aliphatic heterocycles. The van der Waals surface area contributed by atoms with Crippen LogP contribution in [0.3, 0.4) is 0 Å². The fourth-order valence-corrected chi connectivity index (χ4v) is 1.13. The normalized spacial score (nSPS) is 10.1. The number of hydrogen-bond donors (Lipinski definition) is 0. The summed E-state index contributed by atoms with van der Waals surface area (Å²) in [6.07, 6.45) is 0. The van der Waals surface area contributed by atoms with E-state index in [-0.39, 0.29) is 0 Å². The monoisotopic (exact) mass is 174 g/mol. The first-order valence-electron chi connectivity index (χ1n) is 2.57. The molecule has 0 N–H and O–H groups in total. The second-order valence-corrected chi connectivity index (χ2v) is 7.74. The predicted octanol–water partition coefficient (Wildman–Crippen LogP) is 1.83. The van der Waals surface area contributed by atoms with Gasteiger partial charge in [0.1, 0.15) is 0 Å². The van der Waals surface area contributed by atoms with Gasteiger partial charge in [-0.05, 0) is 0 Å². The molecule has 0 saturated heterocycles. The van der Waals surface area contributed by atoms with Gasteiger partial charge in [-0.15, -0.1) is 0 Å². The van der Waals surface area contributed by atoms with Gasteiger partial charge in [0.15, 0.2) is 0 Å². The van der Waals surface area contributed by atoms with Crippen molar-refractivity contribution in [2.24, 2.45) is 0 Å². The molecular formula is C6H11CuSi. The Hall–Kier alpha value is 0.296. The van der Waals surface area contributed by atoms with Crippen molar-refractivity contribution in [3.63, 3.8) is 0 Å². The third-order valence-electron chi connectivity index (χ3n) is 0.517. The minimum atomic E-state index is -1.11. The summed E-state index contributed by atoms with van der Waals surface area (Å²) in [7, 11) is -1.11. The Kier molecular flexibility index (Phi) is 3.47. The summed E-state index contributed by atoms with van der Waals surface area (Å²) in [5, 5.41) is 0.567. The molecule has 0 bridgehead atoms. The molecule has 0 aromatic rings. The van der Waals surface area contributed by atoms with Crippen LogP contribution in [0.15, 0.2) is 0 Å². The molecule has 0 amide bonds. The molecule has 0 atom stereocenters. The van der Waals surface area contributed by atoms with E-state index in [0.29, 0.717) is 5.32 Å². The van der Waals surface area contributed by atoms with Crippen molar-refractivity contribution in [3.05, 3.63) is 0 Å². The van der Waals surface area contributed by atoms with Crippen molar-refractivity contribution < 1.29 is 16.0 Å². The molecule has 50 valence electrons. The van der Waals surface area contributed by atoms with Gasteiger partial charge in [0, 0.05) is 0 Å². The van der Waals surface area contributed by atoms with Crippen LogP contribution in [-0.2, 0) is 16.0 Å². The molecule has 0 aromatic heterocycles. The Balaban J connectivity index is 3.69. The maximum atomic E-state index is 4.80. The van der Waals surface area contributed by atoms with E-state index >= 15 is 0 Å². The number of hydrogen-bond acceptors (Lipinski definition) is 0. The third kappa shape index (κ3) is 6.30. The van der Waals surface area contributed by atoms with Crippen LogP contribution in [0.5, 0.6) is 0 Å². The SMILES string of the molecule is C[Si](C)(C)C#C[CH2][Cu]. The fourth-order valence-electron chi connectivity index (χ4n) is 0.292. The van der Waals surface area contributed by atoms with Crippen LogP contribution in [0.4, 0.5) is 0 Å². The Labute approximate surface area is 60.9 Å². The number of rotatable bonds is 0. The quantitative estimate of drug-likeness (QED) is 0.389. The molecule has 0 fully saturated rings. The predicted molar refractivity (Wildman–Crippen MR) is 35.9 cm³/mol. The third-order valence-corrected chi connectivity index (χ3v) is 1.61. The van der Waals surface area contributed by atoms with Gasteiger partial charge in [0.25, 0.3) is 0 Å². The molecule has 0 rings (SSSR count). The van der Waals surface area contributed by atoms with Gasteiger partial charge in [-0.1, -0.05) is 0 Å². The Bertz CT molecular complexity index is 113. The van der Waals surface area contributed by atoms with Crippen molar-refractivity contribution in [1.82, 2.24) is 0 Å². The topological polar surface area (TPSA) is 0 Å². The van der Waals surface area contributed by atoms with Crippen LogP contribution in [0.25, 0.3) is 0 Å². The molecule has 0 nitrogen and oxygen atoms in total. The van der Waals surface area contributed by atoms with Gasteiger partial charge in [-0.25, -0.2) is 0 Å². The van der Waals surface area contributed by atoms with Crippen molar-refractivity contribution >= 4 is 8.07 Å². The van der Waals surface area contributed by atoms with Gasteiger partial charge in [0.05, 0.1) is 0 Å². The standard InChI is InChI=1S/C6H11Si.Cu/c1-5-6-7(2,3)4;/h1H2,2-4H3;. The summed E-state index contributed by atoms with van der Waals surface area (Å²) in [5.41, 5.74) is 3.15. The first-order chi connectivity index (χ1) is 3.56. The van der Waals surface area contributed by atoms with Crippen molar-refractivity contribution in [3.8, 4) is 11.5 Å². The molecule has 0 aliphatic carbocycles. The molecule has 0 radical (unpaired) electrons. The zero-order valence-corrected chi connectivity index (χ0v) is 7.45. The molecule has 0 aromatic carbocycles. The van der Waals surface area contributed by atoms with E-state index in [4.69, 9.17) is 16.0 Å². The van der Waals surface area contributed by atoms with E-state index in [1.165, 1.54) is 0 Å². The summed E-state index contributed by atoms with van der Waals surface area (Å²) < 4.78 is 0. The summed E-state index contributed by atoms with van der Waals surface area (Å²) in [4.78, 5) is 0. The Morgan fingerprint density at radius 2 is 1.88 bits per heavy atom. The first-order valence-corrected chi connectivity index (χ1v) is 6.73. The Morgan fingerprint density at radius 3 is 2.00 bits per heavy atom. The molecule has 8 heavy (non-hydrogen) atoms. The Morgan fingerprint density at radius 1 is 1.38 bits per heavy atom. The van der Waals surface area contributed by atoms with Crippen LogP contribution < -0.4 is 0 Å². The zero-order valence-electron chi connectivity index (χ0n) is 5.51. The van der Waals surface area contributed by atoms with E-state index in [1.54, 1.807) is 0 Å². The van der Waals surface area contributed by atoms with E-state index < -0.39 is 8.07 Å². The second-order valence-electron chi connectivity index (χ2n) is 2.66. The minimum absolute atomic E-state index is 0.567. The van der Waals surface area contributed by atoms with E-state index in [2.05, 4.69) is 31.1 Å². The molecule has 0 heterocycles. The summed E-state index contributed by atoms with van der Waals surface area (Å²) in [5.74, 6) is 2.91. The average molecular weight is 175 g/mol. The van der Waals surface area contributed by atoms with Crippen molar-refractivity contribution in [1.29, 1.82) is 0 Å². The van der Waals surface area contributed by atoms with Crippen LogP contribution in [0.1, 0.15) is 0 Å². The van der Waals surface area contributed by atoms with E-state index in [9.17, 15) is 0 Å². The second kappa shape index (κ2) is 3.35. The zero-order chi connectivity index (χ0) is 6.62. The summed E-state index contributed by atoms with van der Waals surface area (Å²) >= 11 is 4.80. The van der Waals surface area contributed by atoms with Crippen LogP contribution in [0, 0.1) is 11.5 Å². The molecule has 0 unspecified atom stereocenters. The van der Waals surface area contributed by atoms with E-state index in [1.807, 2.05) is 0 Å². The summed E-state index contributed by atoms with van der Waals surface area (Å²) in [6, 6.07) is 0. The molecule has 0 saturated carbocycles. The van der Waals surface area contributed by atoms with Crippen molar-refractivity contribution in [2.45, 2.75) is 25.0 Å². The van der Waals surface area contributed by atoms with Crippen LogP contribution in [0.2, 0.25) is 25.0 Å². The van der Waals surface area contributed by atoms with Gasteiger partial charge >= 0.3 is 60.5 Å². The van der Waals surface area contributed by atoms with Crippen molar-refractivity contribution in [2.75, 3.05) is 0 Å². The molecule has 0 aliphatic rings. The van der Waals surface area contributed by atoms with Gasteiger partial charge < -0.3 is 0 Å². The fraction of sp³-hybridized carbons (Fsp3) is 0.667.